The van der Waals surface area contributed by atoms with Crippen molar-refractivity contribution >= 4 is 68.1 Å². The molecule has 4 atom stereocenters. The second-order valence-corrected chi connectivity index (χ2v) is 22.8. The predicted molar refractivity (Wildman–Crippen MR) is 286 cm³/mol. The van der Waals surface area contributed by atoms with Crippen LogP contribution in [0, 0.1) is 27.7 Å². The molecule has 2 N–H and O–H groups in total. The molecule has 0 radical (unpaired) electrons. The molecule has 13 rings (SSSR count). The molecular formula is C60H48Cl2N2O6S2. The van der Waals surface area contributed by atoms with Crippen LogP contribution in [0.3, 0.4) is 0 Å². The summed E-state index contributed by atoms with van der Waals surface area (Å²) in [5.74, 6) is 2.34. The van der Waals surface area contributed by atoms with Crippen molar-refractivity contribution in [1.29, 1.82) is 0 Å². The summed E-state index contributed by atoms with van der Waals surface area (Å²) >= 11 is 9.70. The first kappa shape index (κ1) is 45.6. The molecule has 0 amide bonds. The first-order valence-electron chi connectivity index (χ1n) is 24.3. The number of nitrogens with one attached hydrogen (secondary N) is 2. The minimum atomic E-state index is -1.67. The molecule has 0 bridgehead atoms. The minimum absolute atomic E-state index is 0.166. The van der Waals surface area contributed by atoms with Gasteiger partial charge < -0.3 is 20.1 Å². The van der Waals surface area contributed by atoms with Crippen LogP contribution in [0.1, 0.15) is 98.9 Å². The van der Waals surface area contributed by atoms with Crippen LogP contribution >= 0.6 is 23.2 Å². The maximum absolute atomic E-state index is 13.5. The first-order valence-corrected chi connectivity index (χ1v) is 27.2. The lowest BCUT2D eigenvalue weighted by atomic mass is 9.64. The van der Waals surface area contributed by atoms with E-state index in [2.05, 4.69) is 62.6 Å². The zero-order valence-corrected chi connectivity index (χ0v) is 43.1. The second-order valence-electron chi connectivity index (χ2n) is 19.8. The standard InChI is InChI=1S/C60H48Cl2N2O6S2/c1-34-26-38(27-35(2)56(34)63-42-18-22-46-52(32-42)67-50-30-40(61)16-20-44(50)59(46)48-12-6-8-14-54(48)71(65)69-59)58(24-10-5-11-25-58)39-28-36(3)57(37(4)29-39)64-43-19-23-47-53(33-43)68-51-31-41(62)17-21-45(51)60(47)49-13-7-9-15-55(49)72(66)70-60/h6-9,12-23,26-33,63-64H,5,10-11,24-25H2,1-4H3. The van der Waals surface area contributed by atoms with Crippen LogP contribution in [0.2, 0.25) is 10.0 Å². The maximum atomic E-state index is 13.5. The van der Waals surface area contributed by atoms with Gasteiger partial charge in [-0.2, -0.15) is 0 Å². The molecular weight excluding hydrogens is 980 g/mol. The third kappa shape index (κ3) is 6.83. The van der Waals surface area contributed by atoms with Crippen molar-refractivity contribution in [3.63, 3.8) is 0 Å². The van der Waals surface area contributed by atoms with E-state index < -0.39 is 33.4 Å². The molecule has 1 fully saturated rings. The molecule has 1 aliphatic carbocycles. The Morgan fingerprint density at radius 1 is 0.444 bits per heavy atom. The molecule has 4 unspecified atom stereocenters. The lowest BCUT2D eigenvalue weighted by Gasteiger charge is -2.40. The summed E-state index contributed by atoms with van der Waals surface area (Å²) in [5.41, 5.74) is 13.4. The summed E-state index contributed by atoms with van der Waals surface area (Å²) in [7, 11) is 0. The molecule has 360 valence electrons. The number of fused-ring (bicyclic) bond motifs is 12. The molecule has 1 saturated carbocycles. The minimum Gasteiger partial charge on any atom is -0.456 e. The molecule has 8 aromatic carbocycles. The van der Waals surface area contributed by atoms with Crippen LogP contribution in [0.5, 0.6) is 23.0 Å². The van der Waals surface area contributed by atoms with Crippen molar-refractivity contribution in [2.24, 2.45) is 0 Å². The Bertz CT molecular complexity index is 3410. The van der Waals surface area contributed by atoms with Gasteiger partial charge in [-0.3, -0.25) is 8.37 Å². The number of hydrogen-bond donors (Lipinski definition) is 2. The van der Waals surface area contributed by atoms with Crippen molar-refractivity contribution < 1.29 is 26.3 Å². The number of hydrogen-bond acceptors (Lipinski definition) is 8. The smallest absolute Gasteiger partial charge is 0.191 e. The van der Waals surface area contributed by atoms with Crippen LogP contribution in [0.25, 0.3) is 0 Å². The van der Waals surface area contributed by atoms with Crippen LogP contribution in [-0.4, -0.2) is 8.42 Å². The average molecular weight is 1030 g/mol. The summed E-state index contributed by atoms with van der Waals surface area (Å²) < 4.78 is 53.2. The monoisotopic (exact) mass is 1030 g/mol. The van der Waals surface area contributed by atoms with E-state index in [1.54, 1.807) is 12.1 Å². The highest BCUT2D eigenvalue weighted by Crippen LogP contribution is 2.60. The second kappa shape index (κ2) is 16.9. The normalized spacial score (nSPS) is 21.6. The third-order valence-corrected chi connectivity index (χ3v) is 18.2. The summed E-state index contributed by atoms with van der Waals surface area (Å²) in [6.45, 7) is 8.75. The molecule has 8 nitrogen and oxygen atoms in total. The highest BCUT2D eigenvalue weighted by molar-refractivity contribution is 7.80. The van der Waals surface area contributed by atoms with Gasteiger partial charge in [-0.05, 0) is 135 Å². The number of aryl methyl sites for hydroxylation is 4. The first-order chi connectivity index (χ1) is 34.9. The van der Waals surface area contributed by atoms with E-state index in [1.165, 1.54) is 17.5 Å². The van der Waals surface area contributed by atoms with E-state index in [4.69, 9.17) is 41.0 Å². The zero-order chi connectivity index (χ0) is 49.3. The van der Waals surface area contributed by atoms with Crippen LogP contribution in [-0.2, 0) is 47.1 Å². The number of halogens is 2. The summed E-state index contributed by atoms with van der Waals surface area (Å²) in [6.07, 6.45) is 5.63. The quantitative estimate of drug-likeness (QED) is 0.170. The molecule has 4 heterocycles. The lowest BCUT2D eigenvalue weighted by Crippen LogP contribution is -2.32. The van der Waals surface area contributed by atoms with Gasteiger partial charge in [-0.15, -0.1) is 0 Å². The van der Waals surface area contributed by atoms with Gasteiger partial charge in [0, 0.05) is 83.7 Å². The van der Waals surface area contributed by atoms with Crippen molar-refractivity contribution in [2.45, 2.75) is 86.2 Å². The van der Waals surface area contributed by atoms with Gasteiger partial charge in [0.25, 0.3) is 0 Å². The van der Waals surface area contributed by atoms with Gasteiger partial charge in [0.05, 0.1) is 9.79 Å². The van der Waals surface area contributed by atoms with E-state index in [0.717, 1.165) is 104 Å². The highest BCUT2D eigenvalue weighted by atomic mass is 35.5. The Morgan fingerprint density at radius 3 is 1.24 bits per heavy atom. The van der Waals surface area contributed by atoms with Gasteiger partial charge in [0.2, 0.25) is 0 Å². The Balaban J connectivity index is 0.815. The van der Waals surface area contributed by atoms with E-state index >= 15 is 0 Å². The number of rotatable bonds is 6. The zero-order valence-electron chi connectivity index (χ0n) is 39.9. The van der Waals surface area contributed by atoms with E-state index in [-0.39, 0.29) is 5.41 Å². The predicted octanol–water partition coefficient (Wildman–Crippen LogP) is 15.9. The molecule has 8 aromatic rings. The fourth-order valence-corrected chi connectivity index (χ4v) is 14.9. The van der Waals surface area contributed by atoms with Crippen molar-refractivity contribution in [3.05, 3.63) is 222 Å². The third-order valence-electron chi connectivity index (χ3n) is 15.5. The molecule has 72 heavy (non-hydrogen) atoms. The van der Waals surface area contributed by atoms with Crippen LogP contribution in [0.4, 0.5) is 22.7 Å². The largest absolute Gasteiger partial charge is 0.456 e. The molecule has 4 aliphatic heterocycles. The fourth-order valence-electron chi connectivity index (χ4n) is 12.3. The van der Waals surface area contributed by atoms with E-state index in [0.29, 0.717) is 42.8 Å². The average Bonchev–Trinajstić information content (AvgIpc) is 3.83. The van der Waals surface area contributed by atoms with Crippen LogP contribution in [0.15, 0.2) is 155 Å². The van der Waals surface area contributed by atoms with Crippen molar-refractivity contribution in [3.8, 4) is 23.0 Å². The van der Waals surface area contributed by atoms with Gasteiger partial charge in [0.15, 0.2) is 33.4 Å². The van der Waals surface area contributed by atoms with Gasteiger partial charge in [-0.25, -0.2) is 8.42 Å². The maximum Gasteiger partial charge on any atom is 0.191 e. The van der Waals surface area contributed by atoms with Gasteiger partial charge in [-0.1, -0.05) is 115 Å². The Kier molecular flexibility index (Phi) is 10.7. The van der Waals surface area contributed by atoms with Crippen molar-refractivity contribution in [2.75, 3.05) is 10.6 Å². The summed E-state index contributed by atoms with van der Waals surface area (Å²) in [6, 6.07) is 48.0. The van der Waals surface area contributed by atoms with Crippen molar-refractivity contribution in [1.82, 2.24) is 0 Å². The molecule has 0 aromatic heterocycles. The van der Waals surface area contributed by atoms with Gasteiger partial charge in [0.1, 0.15) is 23.0 Å². The molecule has 2 spiro atoms. The Hall–Kier alpha value is -6.24. The van der Waals surface area contributed by atoms with Gasteiger partial charge >= 0.3 is 0 Å². The van der Waals surface area contributed by atoms with Crippen LogP contribution < -0.4 is 20.1 Å². The molecule has 0 saturated heterocycles. The topological polar surface area (TPSA) is 95.1 Å². The number of benzene rings is 8. The Labute approximate surface area is 434 Å². The number of anilines is 4. The van der Waals surface area contributed by atoms with E-state index in [1.807, 2.05) is 109 Å². The lowest BCUT2D eigenvalue weighted by molar-refractivity contribution is 0.174. The molecule has 5 aliphatic rings. The SMILES string of the molecule is Cc1cc(C2(c3cc(C)c(Nc4ccc5c(c4)Oc4cc(Cl)ccc4C54OS(=O)c5ccccc54)c(C)c3)CCCCC2)cc(C)c1Nc1ccc2c(c1)Oc1cc(Cl)ccc1C21OS(=O)c2ccccc21. The summed E-state index contributed by atoms with van der Waals surface area (Å²) in [5, 5.41) is 8.60. The number of ether oxygens (including phenoxy) is 2. The highest BCUT2D eigenvalue weighted by Gasteiger charge is 2.54. The fraction of sp³-hybridized carbons (Fsp3) is 0.200. The Morgan fingerprint density at radius 2 is 0.819 bits per heavy atom. The van der Waals surface area contributed by atoms with E-state index in [9.17, 15) is 8.42 Å². The molecule has 12 heteroatoms. The summed E-state index contributed by atoms with van der Waals surface area (Å²) in [4.78, 5) is 1.30.